The lowest BCUT2D eigenvalue weighted by molar-refractivity contribution is 0.0690. The van der Waals surface area contributed by atoms with Crippen LogP contribution < -0.4 is 4.90 Å². The van der Waals surface area contributed by atoms with Crippen LogP contribution in [0.15, 0.2) is 18.2 Å². The fourth-order valence-corrected chi connectivity index (χ4v) is 3.61. The van der Waals surface area contributed by atoms with Crippen LogP contribution in [-0.2, 0) is 0 Å². The molecule has 3 rings (SSSR count). The van der Waals surface area contributed by atoms with Crippen LogP contribution >= 0.6 is 0 Å². The second-order valence-electron chi connectivity index (χ2n) is 6.48. The Hall–Kier alpha value is -1.62. The molecule has 5 nitrogen and oxygen atoms in total. The van der Waals surface area contributed by atoms with Crippen LogP contribution in [0.5, 0.6) is 0 Å². The van der Waals surface area contributed by atoms with Crippen LogP contribution in [0.4, 0.5) is 5.82 Å². The Labute approximate surface area is 131 Å². The number of hydrogen-bond donors (Lipinski definition) is 1. The van der Waals surface area contributed by atoms with Gasteiger partial charge in [-0.25, -0.2) is 9.78 Å². The number of nitrogens with zero attached hydrogens (tertiary/aromatic N) is 3. The van der Waals surface area contributed by atoms with Gasteiger partial charge in [-0.1, -0.05) is 25.3 Å². The Morgan fingerprint density at radius 2 is 1.86 bits per heavy atom. The van der Waals surface area contributed by atoms with E-state index in [0.717, 1.165) is 37.9 Å². The predicted octanol–water partition coefficient (Wildman–Crippen LogP) is 2.48. The van der Waals surface area contributed by atoms with E-state index in [1.807, 2.05) is 6.07 Å². The number of anilines is 1. The van der Waals surface area contributed by atoms with E-state index >= 15 is 0 Å². The zero-order valence-electron chi connectivity index (χ0n) is 13.1. The van der Waals surface area contributed by atoms with Gasteiger partial charge in [-0.15, -0.1) is 0 Å². The fraction of sp³-hybridized carbons (Fsp3) is 0.647. The average molecular weight is 303 g/mol. The van der Waals surface area contributed by atoms with Crippen molar-refractivity contribution in [2.45, 2.75) is 32.1 Å². The monoisotopic (exact) mass is 303 g/mol. The van der Waals surface area contributed by atoms with E-state index in [1.54, 1.807) is 12.1 Å². The highest BCUT2D eigenvalue weighted by atomic mass is 16.4. The number of hydrogen-bond acceptors (Lipinski definition) is 4. The third-order valence-corrected chi connectivity index (χ3v) is 4.89. The molecule has 0 aromatic carbocycles. The lowest BCUT2D eigenvalue weighted by atomic mass is 9.89. The number of carbonyl (C=O) groups is 1. The van der Waals surface area contributed by atoms with Crippen molar-refractivity contribution in [3.05, 3.63) is 23.9 Å². The first kappa shape index (κ1) is 15.3. The molecule has 5 heteroatoms. The Morgan fingerprint density at radius 1 is 1.14 bits per heavy atom. The van der Waals surface area contributed by atoms with Crippen molar-refractivity contribution in [1.82, 2.24) is 9.88 Å². The third kappa shape index (κ3) is 3.77. The van der Waals surface area contributed by atoms with Gasteiger partial charge in [-0.3, -0.25) is 4.90 Å². The Kier molecular flexibility index (Phi) is 4.93. The van der Waals surface area contributed by atoms with Gasteiger partial charge in [0.05, 0.1) is 0 Å². The SMILES string of the molecule is O=C(O)c1cccc(N2CCN(CC3CCCCC3)CC2)n1. The van der Waals surface area contributed by atoms with E-state index in [9.17, 15) is 4.79 Å². The molecular weight excluding hydrogens is 278 g/mol. The molecule has 22 heavy (non-hydrogen) atoms. The Bertz CT molecular complexity index is 506. The summed E-state index contributed by atoms with van der Waals surface area (Å²) in [6.45, 7) is 5.20. The van der Waals surface area contributed by atoms with Gasteiger partial charge in [0, 0.05) is 32.7 Å². The minimum absolute atomic E-state index is 0.127. The highest BCUT2D eigenvalue weighted by molar-refractivity contribution is 5.85. The van der Waals surface area contributed by atoms with Crippen LogP contribution in [0.25, 0.3) is 0 Å². The zero-order chi connectivity index (χ0) is 15.4. The van der Waals surface area contributed by atoms with E-state index in [4.69, 9.17) is 5.11 Å². The number of aromatic nitrogens is 1. The first-order chi connectivity index (χ1) is 10.7. The summed E-state index contributed by atoms with van der Waals surface area (Å²) >= 11 is 0. The molecular formula is C17H25N3O2. The molecule has 0 amide bonds. The second-order valence-corrected chi connectivity index (χ2v) is 6.48. The second kappa shape index (κ2) is 7.09. The Balaban J connectivity index is 1.52. The van der Waals surface area contributed by atoms with Crippen molar-refractivity contribution in [1.29, 1.82) is 0 Å². The van der Waals surface area contributed by atoms with Gasteiger partial charge < -0.3 is 10.0 Å². The molecule has 1 aromatic heterocycles. The predicted molar refractivity (Wildman–Crippen MR) is 86.4 cm³/mol. The smallest absolute Gasteiger partial charge is 0.354 e. The van der Waals surface area contributed by atoms with Gasteiger partial charge >= 0.3 is 5.97 Å². The normalized spacial score (nSPS) is 21.0. The molecule has 1 N–H and O–H groups in total. The maximum Gasteiger partial charge on any atom is 0.354 e. The molecule has 0 spiro atoms. The van der Waals surface area contributed by atoms with Gasteiger partial charge in [0.1, 0.15) is 5.82 Å². The maximum absolute atomic E-state index is 11.0. The minimum Gasteiger partial charge on any atom is -0.477 e. The van der Waals surface area contributed by atoms with Crippen LogP contribution in [0.3, 0.4) is 0 Å². The highest BCUT2D eigenvalue weighted by Gasteiger charge is 2.22. The summed E-state index contributed by atoms with van der Waals surface area (Å²) in [7, 11) is 0. The van der Waals surface area contributed by atoms with Crippen molar-refractivity contribution in [3.63, 3.8) is 0 Å². The molecule has 0 bridgehead atoms. The van der Waals surface area contributed by atoms with Gasteiger partial charge in [-0.05, 0) is 30.9 Å². The zero-order valence-corrected chi connectivity index (χ0v) is 13.1. The molecule has 0 unspecified atom stereocenters. The van der Waals surface area contributed by atoms with Gasteiger partial charge in [0.2, 0.25) is 0 Å². The molecule has 2 aliphatic rings. The molecule has 1 saturated heterocycles. The Morgan fingerprint density at radius 3 is 2.55 bits per heavy atom. The topological polar surface area (TPSA) is 56.7 Å². The number of aromatic carboxylic acids is 1. The summed E-state index contributed by atoms with van der Waals surface area (Å²) in [5, 5.41) is 9.04. The molecule has 120 valence electrons. The standard InChI is InChI=1S/C17H25N3O2/c21-17(22)15-7-4-8-16(18-15)20-11-9-19(10-12-20)13-14-5-2-1-3-6-14/h4,7-8,14H,1-3,5-6,9-13H2,(H,21,22). The van der Waals surface area contributed by atoms with Crippen molar-refractivity contribution in [3.8, 4) is 0 Å². The molecule has 2 fully saturated rings. The average Bonchev–Trinajstić information content (AvgIpc) is 2.56. The van der Waals surface area contributed by atoms with Gasteiger partial charge in [0.15, 0.2) is 5.69 Å². The summed E-state index contributed by atoms with van der Waals surface area (Å²) in [5.41, 5.74) is 0.127. The van der Waals surface area contributed by atoms with Gasteiger partial charge in [-0.2, -0.15) is 0 Å². The maximum atomic E-state index is 11.0. The van der Waals surface area contributed by atoms with Crippen LogP contribution in [-0.4, -0.2) is 53.7 Å². The first-order valence-corrected chi connectivity index (χ1v) is 8.40. The number of piperazine rings is 1. The molecule has 2 heterocycles. The summed E-state index contributed by atoms with van der Waals surface area (Å²) in [6, 6.07) is 5.23. The molecule has 1 aliphatic heterocycles. The summed E-state index contributed by atoms with van der Waals surface area (Å²) in [5.74, 6) is 0.712. The summed E-state index contributed by atoms with van der Waals surface area (Å²) in [4.78, 5) is 20.0. The minimum atomic E-state index is -0.960. The largest absolute Gasteiger partial charge is 0.477 e. The number of carboxylic acid groups (broad SMARTS) is 1. The molecule has 1 aromatic rings. The molecule has 1 aliphatic carbocycles. The van der Waals surface area contributed by atoms with Crippen LogP contribution in [0.2, 0.25) is 0 Å². The van der Waals surface area contributed by atoms with Crippen LogP contribution in [0, 0.1) is 5.92 Å². The van der Waals surface area contributed by atoms with Crippen molar-refractivity contribution < 1.29 is 9.90 Å². The van der Waals surface area contributed by atoms with E-state index in [2.05, 4.69) is 14.8 Å². The molecule has 0 atom stereocenters. The quantitative estimate of drug-likeness (QED) is 0.926. The van der Waals surface area contributed by atoms with Crippen molar-refractivity contribution in [2.75, 3.05) is 37.6 Å². The van der Waals surface area contributed by atoms with Gasteiger partial charge in [0.25, 0.3) is 0 Å². The van der Waals surface area contributed by atoms with E-state index in [0.29, 0.717) is 0 Å². The lowest BCUT2D eigenvalue weighted by Gasteiger charge is -2.37. The van der Waals surface area contributed by atoms with E-state index in [1.165, 1.54) is 38.6 Å². The summed E-state index contributed by atoms with van der Waals surface area (Å²) in [6.07, 6.45) is 6.99. The number of rotatable bonds is 4. The molecule has 0 radical (unpaired) electrons. The van der Waals surface area contributed by atoms with E-state index in [-0.39, 0.29) is 5.69 Å². The molecule has 1 saturated carbocycles. The van der Waals surface area contributed by atoms with E-state index < -0.39 is 5.97 Å². The first-order valence-electron chi connectivity index (χ1n) is 8.40. The third-order valence-electron chi connectivity index (χ3n) is 4.89. The fourth-order valence-electron chi connectivity index (χ4n) is 3.61. The highest BCUT2D eigenvalue weighted by Crippen LogP contribution is 2.25. The number of pyridine rings is 1. The van der Waals surface area contributed by atoms with Crippen molar-refractivity contribution in [2.24, 2.45) is 5.92 Å². The van der Waals surface area contributed by atoms with Crippen molar-refractivity contribution >= 4 is 11.8 Å². The van der Waals surface area contributed by atoms with Crippen LogP contribution in [0.1, 0.15) is 42.6 Å². The summed E-state index contributed by atoms with van der Waals surface area (Å²) < 4.78 is 0. The lowest BCUT2D eigenvalue weighted by Crippen LogP contribution is -2.48. The number of carboxylic acids is 1.